The number of halogens is 2. The van der Waals surface area contributed by atoms with Crippen molar-refractivity contribution in [3.8, 4) is 0 Å². The lowest BCUT2D eigenvalue weighted by Crippen LogP contribution is -2.53. The Bertz CT molecular complexity index is 1420. The summed E-state index contributed by atoms with van der Waals surface area (Å²) in [6, 6.07) is 18.9. The molecule has 0 unspecified atom stereocenters. The van der Waals surface area contributed by atoms with Gasteiger partial charge in [0.2, 0.25) is 11.8 Å². The van der Waals surface area contributed by atoms with Gasteiger partial charge >= 0.3 is 0 Å². The summed E-state index contributed by atoms with van der Waals surface area (Å²) in [6.07, 6.45) is 0.321. The molecule has 3 aromatic rings. The minimum absolute atomic E-state index is 0.0345. The van der Waals surface area contributed by atoms with Crippen molar-refractivity contribution in [3.05, 3.63) is 94.0 Å². The minimum Gasteiger partial charge on any atom is -0.352 e. The van der Waals surface area contributed by atoms with Gasteiger partial charge in [0.05, 0.1) is 20.6 Å². The average Bonchev–Trinajstić information content (AvgIpc) is 2.89. The molecule has 10 heteroatoms. The number of para-hydroxylation sites is 1. The molecule has 0 aliphatic rings. The molecule has 2 amide bonds. The predicted octanol–water partition coefficient (Wildman–Crippen LogP) is 5.83. The van der Waals surface area contributed by atoms with Crippen molar-refractivity contribution in [3.63, 3.8) is 0 Å². The summed E-state index contributed by atoms with van der Waals surface area (Å²) in [5, 5.41) is 3.55. The van der Waals surface area contributed by atoms with Gasteiger partial charge in [-0.3, -0.25) is 13.9 Å². The molecule has 0 saturated heterocycles. The number of benzene rings is 3. The molecule has 0 fully saturated rings. The van der Waals surface area contributed by atoms with E-state index < -0.39 is 28.5 Å². The lowest BCUT2D eigenvalue weighted by molar-refractivity contribution is -0.140. The van der Waals surface area contributed by atoms with Crippen LogP contribution >= 0.6 is 23.2 Å². The van der Waals surface area contributed by atoms with Crippen molar-refractivity contribution in [2.24, 2.45) is 0 Å². The van der Waals surface area contributed by atoms with E-state index in [1.807, 2.05) is 13.8 Å². The van der Waals surface area contributed by atoms with Crippen molar-refractivity contribution >= 4 is 50.7 Å². The van der Waals surface area contributed by atoms with Crippen LogP contribution < -0.4 is 9.62 Å². The molecule has 3 aromatic carbocycles. The largest absolute Gasteiger partial charge is 0.352 e. The van der Waals surface area contributed by atoms with E-state index in [1.165, 1.54) is 17.0 Å². The molecule has 0 bridgehead atoms. The fourth-order valence-electron chi connectivity index (χ4n) is 4.21. The van der Waals surface area contributed by atoms with E-state index in [9.17, 15) is 18.0 Å². The van der Waals surface area contributed by atoms with Crippen LogP contribution in [0.4, 0.5) is 5.69 Å². The summed E-state index contributed by atoms with van der Waals surface area (Å²) in [5.41, 5.74) is 1.72. The van der Waals surface area contributed by atoms with Gasteiger partial charge in [0.1, 0.15) is 12.6 Å². The molecule has 0 spiro atoms. The SMILES string of the molecule is CC[C@H](C(=O)NC(C)C)N(Cc1ccc(Cl)c(Cl)c1)C(=O)CN(c1ccccc1C)S(=O)(=O)c1ccccc1. The maximum absolute atomic E-state index is 14.0. The molecule has 39 heavy (non-hydrogen) atoms. The second-order valence-electron chi connectivity index (χ2n) is 9.47. The third kappa shape index (κ3) is 7.53. The number of anilines is 1. The first-order valence-corrected chi connectivity index (χ1v) is 14.8. The van der Waals surface area contributed by atoms with E-state index >= 15 is 0 Å². The molecule has 0 heterocycles. The van der Waals surface area contributed by atoms with Crippen molar-refractivity contribution in [2.45, 2.75) is 57.6 Å². The first kappa shape index (κ1) is 30.5. The molecular weight excluding hydrogens is 557 g/mol. The highest BCUT2D eigenvalue weighted by atomic mass is 35.5. The van der Waals surface area contributed by atoms with Crippen LogP contribution in [0.5, 0.6) is 0 Å². The predicted molar refractivity (Wildman–Crippen MR) is 157 cm³/mol. The zero-order valence-electron chi connectivity index (χ0n) is 22.4. The van der Waals surface area contributed by atoms with Crippen LogP contribution in [-0.2, 0) is 26.2 Å². The van der Waals surface area contributed by atoms with E-state index in [0.29, 0.717) is 33.3 Å². The molecule has 0 aromatic heterocycles. The zero-order valence-corrected chi connectivity index (χ0v) is 24.7. The number of hydrogen-bond acceptors (Lipinski definition) is 4. The minimum atomic E-state index is -4.12. The highest BCUT2D eigenvalue weighted by Crippen LogP contribution is 2.28. The molecule has 7 nitrogen and oxygen atoms in total. The van der Waals surface area contributed by atoms with Gasteiger partial charge < -0.3 is 10.2 Å². The Balaban J connectivity index is 2.08. The molecule has 208 valence electrons. The van der Waals surface area contributed by atoms with Crippen LogP contribution in [-0.4, -0.2) is 43.8 Å². The van der Waals surface area contributed by atoms with Crippen LogP contribution in [0.15, 0.2) is 77.7 Å². The number of nitrogens with one attached hydrogen (secondary N) is 1. The summed E-state index contributed by atoms with van der Waals surface area (Å²) in [4.78, 5) is 28.7. The van der Waals surface area contributed by atoms with Crippen molar-refractivity contribution in [2.75, 3.05) is 10.8 Å². The van der Waals surface area contributed by atoms with Crippen LogP contribution in [0.1, 0.15) is 38.3 Å². The quantitative estimate of drug-likeness (QED) is 0.305. The number of aryl methyl sites for hydroxylation is 1. The smallest absolute Gasteiger partial charge is 0.264 e. The third-order valence-corrected chi connectivity index (χ3v) is 8.66. The van der Waals surface area contributed by atoms with E-state index in [2.05, 4.69) is 5.32 Å². The topological polar surface area (TPSA) is 86.8 Å². The summed E-state index contributed by atoms with van der Waals surface area (Å²) in [5.74, 6) is -0.858. The molecule has 1 N–H and O–H groups in total. The Labute approximate surface area is 240 Å². The fraction of sp³-hybridized carbons (Fsp3) is 0.310. The summed E-state index contributed by atoms with van der Waals surface area (Å²) < 4.78 is 28.8. The van der Waals surface area contributed by atoms with Gasteiger partial charge in [0, 0.05) is 12.6 Å². The number of carbonyl (C=O) groups excluding carboxylic acids is 2. The number of amides is 2. The van der Waals surface area contributed by atoms with Crippen molar-refractivity contribution in [1.82, 2.24) is 10.2 Å². The molecule has 1 atom stereocenters. The Hall–Kier alpha value is -3.07. The first-order chi connectivity index (χ1) is 18.4. The van der Waals surface area contributed by atoms with Crippen LogP contribution in [0.2, 0.25) is 10.0 Å². The van der Waals surface area contributed by atoms with Gasteiger partial charge in [0.25, 0.3) is 10.0 Å². The van der Waals surface area contributed by atoms with Crippen molar-refractivity contribution < 1.29 is 18.0 Å². The van der Waals surface area contributed by atoms with E-state index in [-0.39, 0.29) is 23.4 Å². The number of carbonyl (C=O) groups is 2. The standard InChI is InChI=1S/C29H33Cl2N3O4S/c1-5-26(29(36)32-20(2)3)33(18-22-15-16-24(30)25(31)17-22)28(35)19-34(27-14-10-9-11-21(27)4)39(37,38)23-12-7-6-8-13-23/h6-17,20,26H,5,18-19H2,1-4H3,(H,32,36)/t26-/m1/s1. The Kier molecular flexibility index (Phi) is 10.4. The van der Waals surface area contributed by atoms with Gasteiger partial charge in [-0.15, -0.1) is 0 Å². The van der Waals surface area contributed by atoms with Crippen molar-refractivity contribution in [1.29, 1.82) is 0 Å². The first-order valence-electron chi connectivity index (χ1n) is 12.6. The maximum Gasteiger partial charge on any atom is 0.264 e. The molecule has 0 aliphatic carbocycles. The average molecular weight is 591 g/mol. The van der Waals surface area contributed by atoms with Gasteiger partial charge in [-0.1, -0.05) is 72.6 Å². The van der Waals surface area contributed by atoms with Gasteiger partial charge in [-0.2, -0.15) is 0 Å². The Morgan fingerprint density at radius 2 is 1.56 bits per heavy atom. The number of nitrogens with zero attached hydrogens (tertiary/aromatic N) is 2. The normalized spacial score (nSPS) is 12.2. The van der Waals surface area contributed by atoms with E-state index in [1.54, 1.807) is 74.5 Å². The van der Waals surface area contributed by atoms with Gasteiger partial charge in [-0.05, 0) is 68.7 Å². The molecule has 0 aliphatic heterocycles. The zero-order chi connectivity index (χ0) is 28.7. The number of hydrogen-bond donors (Lipinski definition) is 1. The molecule has 0 saturated carbocycles. The van der Waals surface area contributed by atoms with Crippen LogP contribution in [0.3, 0.4) is 0 Å². The molecule has 3 rings (SSSR count). The number of rotatable bonds is 11. The van der Waals surface area contributed by atoms with E-state index in [0.717, 1.165) is 4.31 Å². The maximum atomic E-state index is 14.0. The second kappa shape index (κ2) is 13.3. The summed E-state index contributed by atoms with van der Waals surface area (Å²) in [6.45, 7) is 6.79. The summed E-state index contributed by atoms with van der Waals surface area (Å²) in [7, 11) is -4.12. The lowest BCUT2D eigenvalue weighted by atomic mass is 10.1. The van der Waals surface area contributed by atoms with Crippen LogP contribution in [0.25, 0.3) is 0 Å². The number of sulfonamides is 1. The molecule has 0 radical (unpaired) electrons. The monoisotopic (exact) mass is 589 g/mol. The summed E-state index contributed by atoms with van der Waals surface area (Å²) >= 11 is 12.3. The van der Waals surface area contributed by atoms with E-state index in [4.69, 9.17) is 23.2 Å². The highest BCUT2D eigenvalue weighted by molar-refractivity contribution is 7.92. The Morgan fingerprint density at radius 1 is 0.923 bits per heavy atom. The second-order valence-corrected chi connectivity index (χ2v) is 12.1. The van der Waals surface area contributed by atoms with Gasteiger partial charge in [0.15, 0.2) is 0 Å². The third-order valence-electron chi connectivity index (χ3n) is 6.15. The molecular formula is C29H33Cl2N3O4S. The van der Waals surface area contributed by atoms with Gasteiger partial charge in [-0.25, -0.2) is 8.42 Å². The fourth-order valence-corrected chi connectivity index (χ4v) is 6.03. The van der Waals surface area contributed by atoms with Crippen LogP contribution in [0, 0.1) is 6.92 Å². The lowest BCUT2D eigenvalue weighted by Gasteiger charge is -2.34. The highest BCUT2D eigenvalue weighted by Gasteiger charge is 2.34. The Morgan fingerprint density at radius 3 is 2.15 bits per heavy atom.